The summed E-state index contributed by atoms with van der Waals surface area (Å²) in [6.45, 7) is 2.70. The molecule has 2 atom stereocenters. The molecular formula is C16H28N2O3. The number of urea groups is 1. The third kappa shape index (κ3) is 3.89. The van der Waals surface area contributed by atoms with Gasteiger partial charge >= 0.3 is 12.0 Å². The minimum Gasteiger partial charge on any atom is -0.481 e. The first-order chi connectivity index (χ1) is 9.93. The van der Waals surface area contributed by atoms with E-state index in [0.29, 0.717) is 18.5 Å². The molecule has 2 rings (SSSR count). The molecule has 5 nitrogen and oxygen atoms in total. The Morgan fingerprint density at radius 1 is 1.24 bits per heavy atom. The Balaban J connectivity index is 1.84. The summed E-state index contributed by atoms with van der Waals surface area (Å²) in [6.07, 6.45) is 7.75. The van der Waals surface area contributed by atoms with E-state index in [2.05, 4.69) is 12.2 Å². The second-order valence-corrected chi connectivity index (χ2v) is 7.02. The average molecular weight is 296 g/mol. The minimum atomic E-state index is -0.766. The molecule has 2 saturated carbocycles. The van der Waals surface area contributed by atoms with Crippen molar-refractivity contribution < 1.29 is 14.7 Å². The van der Waals surface area contributed by atoms with E-state index >= 15 is 0 Å². The fraction of sp³-hybridized carbons (Fsp3) is 0.875. The van der Waals surface area contributed by atoms with Crippen molar-refractivity contribution in [1.29, 1.82) is 0 Å². The second-order valence-electron chi connectivity index (χ2n) is 7.02. The van der Waals surface area contributed by atoms with Crippen LogP contribution in [-0.4, -0.2) is 41.6 Å². The maximum absolute atomic E-state index is 12.3. The highest BCUT2D eigenvalue weighted by Crippen LogP contribution is 2.43. The van der Waals surface area contributed by atoms with Gasteiger partial charge in [0.15, 0.2) is 0 Å². The van der Waals surface area contributed by atoms with Crippen LogP contribution in [0.5, 0.6) is 0 Å². The normalized spacial score (nSPS) is 27.5. The van der Waals surface area contributed by atoms with Crippen molar-refractivity contribution in [1.82, 2.24) is 10.2 Å². The van der Waals surface area contributed by atoms with Crippen molar-refractivity contribution >= 4 is 12.0 Å². The molecule has 2 unspecified atom stereocenters. The minimum absolute atomic E-state index is 0.0505. The van der Waals surface area contributed by atoms with Crippen LogP contribution in [0.3, 0.4) is 0 Å². The number of carboxylic acid groups (broad SMARTS) is 1. The Bertz CT molecular complexity index is 393. The molecule has 0 radical (unpaired) electrons. The van der Waals surface area contributed by atoms with Crippen molar-refractivity contribution in [3.8, 4) is 0 Å². The van der Waals surface area contributed by atoms with Crippen molar-refractivity contribution in [3.05, 3.63) is 0 Å². The van der Waals surface area contributed by atoms with Crippen LogP contribution in [-0.2, 0) is 4.79 Å². The fourth-order valence-electron chi connectivity index (χ4n) is 3.82. The lowest BCUT2D eigenvalue weighted by Crippen LogP contribution is -2.51. The molecule has 0 aromatic rings. The fourth-order valence-corrected chi connectivity index (χ4v) is 3.82. The lowest BCUT2D eigenvalue weighted by Gasteiger charge is -2.42. The van der Waals surface area contributed by atoms with E-state index in [9.17, 15) is 9.59 Å². The highest BCUT2D eigenvalue weighted by atomic mass is 16.4. The van der Waals surface area contributed by atoms with Crippen molar-refractivity contribution in [3.63, 3.8) is 0 Å². The van der Waals surface area contributed by atoms with Gasteiger partial charge in [0.2, 0.25) is 0 Å². The lowest BCUT2D eigenvalue weighted by atomic mass is 9.66. The van der Waals surface area contributed by atoms with Gasteiger partial charge in [-0.25, -0.2) is 4.79 Å². The molecule has 2 amide bonds. The van der Waals surface area contributed by atoms with E-state index in [0.717, 1.165) is 25.7 Å². The van der Waals surface area contributed by atoms with Gasteiger partial charge in [0.1, 0.15) is 0 Å². The highest BCUT2D eigenvalue weighted by molar-refractivity contribution is 5.74. The Hall–Kier alpha value is -1.26. The van der Waals surface area contributed by atoms with Crippen LogP contribution in [0.25, 0.3) is 0 Å². The van der Waals surface area contributed by atoms with Gasteiger partial charge in [-0.2, -0.15) is 0 Å². The Morgan fingerprint density at radius 3 is 2.43 bits per heavy atom. The molecule has 0 aromatic carbocycles. The van der Waals surface area contributed by atoms with Gasteiger partial charge in [-0.3, -0.25) is 4.79 Å². The molecule has 2 aliphatic carbocycles. The number of aliphatic carboxylic acids is 1. The number of hydrogen-bond acceptors (Lipinski definition) is 2. The van der Waals surface area contributed by atoms with Crippen LogP contribution in [0.1, 0.15) is 58.3 Å². The third-order valence-electron chi connectivity index (χ3n) is 5.44. The predicted octanol–water partition coefficient (Wildman–Crippen LogP) is 2.85. The molecule has 0 saturated heterocycles. The average Bonchev–Trinajstić information content (AvgIpc) is 2.40. The SMILES string of the molecule is CC1CCCCC1N(C)C(=O)NCC1(CC(=O)O)CCC1. The van der Waals surface area contributed by atoms with Crippen LogP contribution in [0.15, 0.2) is 0 Å². The highest BCUT2D eigenvalue weighted by Gasteiger charge is 2.39. The zero-order chi connectivity index (χ0) is 15.5. The second kappa shape index (κ2) is 6.67. The first-order valence-corrected chi connectivity index (χ1v) is 8.16. The number of carbonyl (C=O) groups is 2. The number of amides is 2. The maximum Gasteiger partial charge on any atom is 0.317 e. The zero-order valence-electron chi connectivity index (χ0n) is 13.2. The van der Waals surface area contributed by atoms with Crippen LogP contribution < -0.4 is 5.32 Å². The van der Waals surface area contributed by atoms with Gasteiger partial charge in [0.25, 0.3) is 0 Å². The summed E-state index contributed by atoms with van der Waals surface area (Å²) >= 11 is 0. The molecule has 0 spiro atoms. The summed E-state index contributed by atoms with van der Waals surface area (Å²) < 4.78 is 0. The van der Waals surface area contributed by atoms with Crippen LogP contribution in [0.4, 0.5) is 4.79 Å². The molecule has 0 aromatic heterocycles. The van der Waals surface area contributed by atoms with E-state index < -0.39 is 5.97 Å². The largest absolute Gasteiger partial charge is 0.481 e. The molecule has 2 N–H and O–H groups in total. The monoisotopic (exact) mass is 296 g/mol. The van der Waals surface area contributed by atoms with Gasteiger partial charge in [0.05, 0.1) is 6.42 Å². The van der Waals surface area contributed by atoms with Gasteiger partial charge in [0, 0.05) is 19.6 Å². The first kappa shape index (κ1) is 16.1. The molecule has 0 aliphatic heterocycles. The number of nitrogens with zero attached hydrogens (tertiary/aromatic N) is 1. The smallest absolute Gasteiger partial charge is 0.317 e. The van der Waals surface area contributed by atoms with Crippen molar-refractivity contribution in [2.24, 2.45) is 11.3 Å². The molecular weight excluding hydrogens is 268 g/mol. The molecule has 120 valence electrons. The van der Waals surface area contributed by atoms with Gasteiger partial charge in [-0.1, -0.05) is 26.2 Å². The third-order valence-corrected chi connectivity index (χ3v) is 5.44. The summed E-state index contributed by atoms with van der Waals surface area (Å²) in [5, 5.41) is 12.0. The number of nitrogens with one attached hydrogen (secondary N) is 1. The molecule has 21 heavy (non-hydrogen) atoms. The number of hydrogen-bond donors (Lipinski definition) is 2. The van der Waals surface area contributed by atoms with E-state index in [1.54, 1.807) is 0 Å². The summed E-state index contributed by atoms with van der Waals surface area (Å²) in [7, 11) is 1.87. The molecule has 0 heterocycles. The van der Waals surface area contributed by atoms with E-state index in [1.807, 2.05) is 11.9 Å². The van der Waals surface area contributed by atoms with E-state index in [1.165, 1.54) is 19.3 Å². The van der Waals surface area contributed by atoms with Gasteiger partial charge in [-0.05, 0) is 37.0 Å². The van der Waals surface area contributed by atoms with E-state index in [-0.39, 0.29) is 17.9 Å². The Labute approximate surface area is 127 Å². The van der Waals surface area contributed by atoms with E-state index in [4.69, 9.17) is 5.11 Å². The van der Waals surface area contributed by atoms with Gasteiger partial charge < -0.3 is 15.3 Å². The zero-order valence-corrected chi connectivity index (χ0v) is 13.2. The standard InChI is InChI=1S/C16H28N2O3/c1-12-6-3-4-7-13(12)18(2)15(21)17-11-16(8-5-9-16)10-14(19)20/h12-13H,3-11H2,1-2H3,(H,17,21)(H,19,20). The summed E-state index contributed by atoms with van der Waals surface area (Å²) in [6, 6.07) is 0.265. The topological polar surface area (TPSA) is 69.6 Å². The molecule has 0 bridgehead atoms. The van der Waals surface area contributed by atoms with Crippen LogP contribution in [0.2, 0.25) is 0 Å². The number of carbonyl (C=O) groups excluding carboxylic acids is 1. The summed E-state index contributed by atoms with van der Waals surface area (Å²) in [5.74, 6) is -0.218. The van der Waals surface area contributed by atoms with Crippen LogP contribution in [0, 0.1) is 11.3 Å². The molecule has 5 heteroatoms. The summed E-state index contributed by atoms with van der Waals surface area (Å²) in [4.78, 5) is 25.1. The number of carboxylic acids is 1. The predicted molar refractivity (Wildman–Crippen MR) is 81.1 cm³/mol. The molecule has 2 aliphatic rings. The lowest BCUT2D eigenvalue weighted by molar-refractivity contribution is -0.141. The Morgan fingerprint density at radius 2 is 1.90 bits per heavy atom. The first-order valence-electron chi connectivity index (χ1n) is 8.16. The van der Waals surface area contributed by atoms with Crippen molar-refractivity contribution in [2.45, 2.75) is 64.3 Å². The number of rotatable bonds is 5. The Kier molecular flexibility index (Phi) is 5.12. The molecule has 2 fully saturated rings. The van der Waals surface area contributed by atoms with Crippen LogP contribution >= 0.6 is 0 Å². The summed E-state index contributed by atoms with van der Waals surface area (Å²) in [5.41, 5.74) is -0.208. The van der Waals surface area contributed by atoms with Crippen molar-refractivity contribution in [2.75, 3.05) is 13.6 Å². The maximum atomic E-state index is 12.3. The van der Waals surface area contributed by atoms with Gasteiger partial charge in [-0.15, -0.1) is 0 Å². The quantitative estimate of drug-likeness (QED) is 0.819.